The van der Waals surface area contributed by atoms with Crippen LogP contribution in [0.2, 0.25) is 0 Å². The standard InChI is InChI=1S/C18H22N4O2/c23-17(19-13-15-6-10-20-21-15)22-11-8-18(9-12-22)7-5-14-3-1-2-4-16(14)24-18/h1-4,6,10H,5,7-9,11-13H2,(H,19,23)(H,20,21). The molecule has 3 heterocycles. The number of aromatic nitrogens is 2. The number of para-hydroxylation sites is 1. The molecule has 2 aliphatic rings. The number of urea groups is 1. The van der Waals surface area contributed by atoms with Gasteiger partial charge in [0, 0.05) is 32.1 Å². The lowest BCUT2D eigenvalue weighted by Gasteiger charge is -2.44. The first-order valence-corrected chi connectivity index (χ1v) is 8.52. The summed E-state index contributed by atoms with van der Waals surface area (Å²) in [6, 6.07) is 10.1. The van der Waals surface area contributed by atoms with E-state index in [1.807, 2.05) is 17.0 Å². The minimum Gasteiger partial charge on any atom is -0.487 e. The number of likely N-dealkylation sites (tertiary alicyclic amines) is 1. The molecule has 0 saturated carbocycles. The molecule has 2 amide bonds. The smallest absolute Gasteiger partial charge is 0.317 e. The van der Waals surface area contributed by atoms with Gasteiger partial charge in [-0.2, -0.15) is 5.10 Å². The zero-order chi connectivity index (χ0) is 16.4. The third kappa shape index (κ3) is 2.96. The van der Waals surface area contributed by atoms with E-state index in [4.69, 9.17) is 4.74 Å². The Morgan fingerprint density at radius 2 is 2.08 bits per heavy atom. The summed E-state index contributed by atoms with van der Waals surface area (Å²) in [6.45, 7) is 1.94. The highest BCUT2D eigenvalue weighted by molar-refractivity contribution is 5.74. The average Bonchev–Trinajstić information content (AvgIpc) is 3.14. The molecule has 6 heteroatoms. The first kappa shape index (κ1) is 15.1. The van der Waals surface area contributed by atoms with Crippen molar-refractivity contribution in [2.24, 2.45) is 0 Å². The van der Waals surface area contributed by atoms with Crippen molar-refractivity contribution in [2.75, 3.05) is 13.1 Å². The molecule has 1 fully saturated rings. The van der Waals surface area contributed by atoms with Crippen LogP contribution < -0.4 is 10.1 Å². The Morgan fingerprint density at radius 1 is 1.25 bits per heavy atom. The summed E-state index contributed by atoms with van der Waals surface area (Å²) in [6.07, 6.45) is 5.55. The van der Waals surface area contributed by atoms with E-state index in [0.29, 0.717) is 6.54 Å². The molecule has 0 unspecified atom stereocenters. The summed E-state index contributed by atoms with van der Waals surface area (Å²) in [5.74, 6) is 1.01. The number of H-pyrrole nitrogens is 1. The summed E-state index contributed by atoms with van der Waals surface area (Å²) < 4.78 is 6.34. The average molecular weight is 326 g/mol. The van der Waals surface area contributed by atoms with Crippen molar-refractivity contribution < 1.29 is 9.53 Å². The first-order chi connectivity index (χ1) is 11.7. The molecule has 1 saturated heterocycles. The number of carbonyl (C=O) groups is 1. The number of benzene rings is 1. The van der Waals surface area contributed by atoms with Crippen LogP contribution in [-0.2, 0) is 13.0 Å². The van der Waals surface area contributed by atoms with E-state index >= 15 is 0 Å². The zero-order valence-electron chi connectivity index (χ0n) is 13.6. The number of piperidine rings is 1. The van der Waals surface area contributed by atoms with Gasteiger partial charge < -0.3 is 15.0 Å². The number of nitrogens with zero attached hydrogens (tertiary/aromatic N) is 2. The van der Waals surface area contributed by atoms with Crippen molar-refractivity contribution >= 4 is 6.03 Å². The lowest BCUT2D eigenvalue weighted by Crippen LogP contribution is -2.53. The molecule has 4 rings (SSSR count). The number of aryl methyl sites for hydroxylation is 1. The van der Waals surface area contributed by atoms with E-state index in [1.165, 1.54) is 5.56 Å². The minimum atomic E-state index is -0.103. The van der Waals surface area contributed by atoms with Gasteiger partial charge in [-0.15, -0.1) is 0 Å². The molecule has 2 aromatic rings. The van der Waals surface area contributed by atoms with Gasteiger partial charge in [-0.3, -0.25) is 5.10 Å². The molecule has 6 nitrogen and oxygen atoms in total. The molecule has 1 aromatic heterocycles. The highest BCUT2D eigenvalue weighted by Crippen LogP contribution is 2.39. The van der Waals surface area contributed by atoms with Crippen LogP contribution in [0.15, 0.2) is 36.5 Å². The van der Waals surface area contributed by atoms with E-state index in [2.05, 4.69) is 33.7 Å². The quantitative estimate of drug-likeness (QED) is 0.891. The SMILES string of the molecule is O=C(NCc1ccn[nH]1)N1CCC2(CCc3ccccc3O2)CC1. The van der Waals surface area contributed by atoms with Crippen LogP contribution in [0.3, 0.4) is 0 Å². The number of nitrogens with one attached hydrogen (secondary N) is 2. The lowest BCUT2D eigenvalue weighted by atomic mass is 9.83. The maximum Gasteiger partial charge on any atom is 0.317 e. The normalized spacial score (nSPS) is 18.8. The van der Waals surface area contributed by atoms with E-state index in [1.54, 1.807) is 6.20 Å². The van der Waals surface area contributed by atoms with E-state index in [9.17, 15) is 4.79 Å². The van der Waals surface area contributed by atoms with E-state index < -0.39 is 0 Å². The third-order valence-electron chi connectivity index (χ3n) is 5.10. The van der Waals surface area contributed by atoms with Gasteiger partial charge in [-0.05, 0) is 30.5 Å². The number of hydrogen-bond donors (Lipinski definition) is 2. The van der Waals surface area contributed by atoms with Crippen molar-refractivity contribution in [3.63, 3.8) is 0 Å². The molecule has 1 aromatic carbocycles. The van der Waals surface area contributed by atoms with Crippen LogP contribution in [0.5, 0.6) is 5.75 Å². The van der Waals surface area contributed by atoms with Gasteiger partial charge in [0.1, 0.15) is 11.4 Å². The van der Waals surface area contributed by atoms with Gasteiger partial charge in [0.25, 0.3) is 0 Å². The third-order valence-corrected chi connectivity index (χ3v) is 5.10. The van der Waals surface area contributed by atoms with E-state index in [0.717, 1.165) is 50.2 Å². The summed E-state index contributed by atoms with van der Waals surface area (Å²) in [5.41, 5.74) is 2.10. The number of ether oxygens (including phenoxy) is 1. The molecular formula is C18H22N4O2. The summed E-state index contributed by atoms with van der Waals surface area (Å²) in [7, 11) is 0. The van der Waals surface area contributed by atoms with Crippen molar-refractivity contribution in [1.29, 1.82) is 0 Å². The Kier molecular flexibility index (Phi) is 3.88. The second-order valence-electron chi connectivity index (χ2n) is 6.62. The van der Waals surface area contributed by atoms with Gasteiger partial charge in [-0.1, -0.05) is 18.2 Å². The Labute approximate surface area is 141 Å². The topological polar surface area (TPSA) is 70.2 Å². The number of hydrogen-bond acceptors (Lipinski definition) is 3. The Balaban J connectivity index is 1.33. The summed E-state index contributed by atoms with van der Waals surface area (Å²) in [4.78, 5) is 14.2. The zero-order valence-corrected chi connectivity index (χ0v) is 13.6. The monoisotopic (exact) mass is 326 g/mol. The summed E-state index contributed by atoms with van der Waals surface area (Å²) in [5, 5.41) is 9.67. The summed E-state index contributed by atoms with van der Waals surface area (Å²) >= 11 is 0. The molecule has 0 radical (unpaired) electrons. The van der Waals surface area contributed by atoms with Crippen molar-refractivity contribution in [1.82, 2.24) is 20.4 Å². The highest BCUT2D eigenvalue weighted by atomic mass is 16.5. The fourth-order valence-electron chi connectivity index (χ4n) is 3.59. The Hall–Kier alpha value is -2.50. The second kappa shape index (κ2) is 6.19. The minimum absolute atomic E-state index is 0.0179. The van der Waals surface area contributed by atoms with Crippen LogP contribution in [0.25, 0.3) is 0 Å². The van der Waals surface area contributed by atoms with Gasteiger partial charge in [-0.25, -0.2) is 4.79 Å². The molecule has 0 aliphatic carbocycles. The molecule has 1 spiro atoms. The largest absolute Gasteiger partial charge is 0.487 e. The predicted octanol–water partition coefficient (Wildman–Crippen LogP) is 2.48. The van der Waals surface area contributed by atoms with Gasteiger partial charge in [0.2, 0.25) is 0 Å². The lowest BCUT2D eigenvalue weighted by molar-refractivity contribution is -0.00553. The molecule has 24 heavy (non-hydrogen) atoms. The molecule has 126 valence electrons. The van der Waals surface area contributed by atoms with Crippen LogP contribution in [0.1, 0.15) is 30.5 Å². The number of carbonyl (C=O) groups excluding carboxylic acids is 1. The number of fused-ring (bicyclic) bond motifs is 1. The fourth-order valence-corrected chi connectivity index (χ4v) is 3.59. The second-order valence-corrected chi connectivity index (χ2v) is 6.62. The van der Waals surface area contributed by atoms with Crippen molar-refractivity contribution in [3.8, 4) is 5.75 Å². The van der Waals surface area contributed by atoms with Crippen LogP contribution in [-0.4, -0.2) is 39.8 Å². The molecule has 0 atom stereocenters. The molecule has 0 bridgehead atoms. The number of aromatic amines is 1. The van der Waals surface area contributed by atoms with Crippen LogP contribution >= 0.6 is 0 Å². The first-order valence-electron chi connectivity index (χ1n) is 8.52. The van der Waals surface area contributed by atoms with Gasteiger partial charge in [0.05, 0.1) is 12.2 Å². The Morgan fingerprint density at radius 3 is 2.88 bits per heavy atom. The molecule has 2 aliphatic heterocycles. The highest BCUT2D eigenvalue weighted by Gasteiger charge is 2.40. The number of rotatable bonds is 2. The molecular weight excluding hydrogens is 304 g/mol. The maximum atomic E-state index is 12.3. The maximum absolute atomic E-state index is 12.3. The number of amides is 2. The Bertz CT molecular complexity index is 706. The van der Waals surface area contributed by atoms with E-state index in [-0.39, 0.29) is 11.6 Å². The van der Waals surface area contributed by atoms with Gasteiger partial charge in [0.15, 0.2) is 0 Å². The fraction of sp³-hybridized carbons (Fsp3) is 0.444. The van der Waals surface area contributed by atoms with Crippen molar-refractivity contribution in [3.05, 3.63) is 47.8 Å². The van der Waals surface area contributed by atoms with Gasteiger partial charge >= 0.3 is 6.03 Å². The van der Waals surface area contributed by atoms with Crippen LogP contribution in [0.4, 0.5) is 4.79 Å². The van der Waals surface area contributed by atoms with Crippen molar-refractivity contribution in [2.45, 2.75) is 37.8 Å². The van der Waals surface area contributed by atoms with Crippen LogP contribution in [0, 0.1) is 0 Å². The predicted molar refractivity (Wildman–Crippen MR) is 89.8 cm³/mol. The molecule has 2 N–H and O–H groups in total.